The zero-order valence-corrected chi connectivity index (χ0v) is 12.5. The number of fused-ring (bicyclic) bond motifs is 1. The van der Waals surface area contributed by atoms with E-state index in [4.69, 9.17) is 14.3 Å². The van der Waals surface area contributed by atoms with Crippen LogP contribution in [0.25, 0.3) is 11.0 Å². The van der Waals surface area contributed by atoms with Crippen molar-refractivity contribution in [1.82, 2.24) is 5.32 Å². The van der Waals surface area contributed by atoms with Gasteiger partial charge in [0.1, 0.15) is 18.5 Å². The Morgan fingerprint density at radius 2 is 2.14 bits per heavy atom. The van der Waals surface area contributed by atoms with Crippen molar-refractivity contribution in [2.45, 2.75) is 32.4 Å². The molecule has 21 heavy (non-hydrogen) atoms. The number of ether oxygens (including phenoxy) is 1. The zero-order valence-electron chi connectivity index (χ0n) is 12.5. The van der Waals surface area contributed by atoms with E-state index in [9.17, 15) is 5.11 Å². The topological polar surface area (TPSA) is 74.9 Å². The van der Waals surface area contributed by atoms with Gasteiger partial charge in [0.15, 0.2) is 11.3 Å². The first-order valence-corrected chi connectivity index (χ1v) is 7.26. The van der Waals surface area contributed by atoms with Crippen molar-refractivity contribution in [3.63, 3.8) is 0 Å². The van der Waals surface area contributed by atoms with E-state index in [1.165, 1.54) is 0 Å². The summed E-state index contributed by atoms with van der Waals surface area (Å²) < 4.78 is 11.3. The standard InChI is InChI=1S/C16H23NO4/c1-11(2)17-9-13(19)10-20-15-5-3-4-12-8-14(6-7-18)21-16(12)15/h3-5,8,11,13,17-19H,6-7,9-10H2,1-2H3/t13-/m0/s1. The van der Waals surface area contributed by atoms with E-state index in [1.807, 2.05) is 38.1 Å². The summed E-state index contributed by atoms with van der Waals surface area (Å²) in [5, 5.41) is 22.9. The first kappa shape index (κ1) is 15.8. The van der Waals surface area contributed by atoms with E-state index >= 15 is 0 Å². The molecule has 0 aliphatic carbocycles. The van der Waals surface area contributed by atoms with Crippen LogP contribution in [0.2, 0.25) is 0 Å². The van der Waals surface area contributed by atoms with Gasteiger partial charge in [-0.25, -0.2) is 0 Å². The van der Waals surface area contributed by atoms with Gasteiger partial charge >= 0.3 is 0 Å². The number of rotatable bonds is 8. The second kappa shape index (κ2) is 7.45. The van der Waals surface area contributed by atoms with E-state index in [0.29, 0.717) is 30.3 Å². The third-order valence-electron chi connectivity index (χ3n) is 3.11. The molecule has 0 fully saturated rings. The fourth-order valence-corrected chi connectivity index (χ4v) is 2.05. The molecule has 0 saturated heterocycles. The van der Waals surface area contributed by atoms with Crippen molar-refractivity contribution in [2.75, 3.05) is 19.8 Å². The maximum Gasteiger partial charge on any atom is 0.176 e. The van der Waals surface area contributed by atoms with Gasteiger partial charge in [0.2, 0.25) is 0 Å². The van der Waals surface area contributed by atoms with Crippen LogP contribution < -0.4 is 10.1 Å². The molecular weight excluding hydrogens is 270 g/mol. The summed E-state index contributed by atoms with van der Waals surface area (Å²) in [7, 11) is 0. The summed E-state index contributed by atoms with van der Waals surface area (Å²) >= 11 is 0. The van der Waals surface area contributed by atoms with Crippen LogP contribution in [0.3, 0.4) is 0 Å². The van der Waals surface area contributed by atoms with Gasteiger partial charge in [-0.3, -0.25) is 0 Å². The molecule has 0 saturated carbocycles. The van der Waals surface area contributed by atoms with Crippen LogP contribution in [-0.4, -0.2) is 42.1 Å². The normalized spacial score (nSPS) is 13.0. The lowest BCUT2D eigenvalue weighted by atomic mass is 10.2. The molecule has 0 radical (unpaired) electrons. The van der Waals surface area contributed by atoms with E-state index < -0.39 is 6.10 Å². The smallest absolute Gasteiger partial charge is 0.176 e. The van der Waals surface area contributed by atoms with E-state index in [-0.39, 0.29) is 13.2 Å². The van der Waals surface area contributed by atoms with Crippen molar-refractivity contribution in [3.05, 3.63) is 30.0 Å². The average Bonchev–Trinajstić information content (AvgIpc) is 2.86. The highest BCUT2D eigenvalue weighted by atomic mass is 16.5. The number of nitrogens with one attached hydrogen (secondary N) is 1. The number of aliphatic hydroxyl groups is 2. The fraction of sp³-hybridized carbons (Fsp3) is 0.500. The second-order valence-electron chi connectivity index (χ2n) is 5.39. The van der Waals surface area contributed by atoms with Crippen LogP contribution in [-0.2, 0) is 6.42 Å². The molecule has 0 aliphatic rings. The Balaban J connectivity index is 2.01. The molecule has 0 unspecified atom stereocenters. The quantitative estimate of drug-likeness (QED) is 0.691. The van der Waals surface area contributed by atoms with Crippen molar-refractivity contribution >= 4 is 11.0 Å². The molecule has 0 amide bonds. The molecule has 116 valence electrons. The molecule has 1 heterocycles. The van der Waals surface area contributed by atoms with E-state index in [2.05, 4.69) is 5.32 Å². The van der Waals surface area contributed by atoms with E-state index in [1.54, 1.807) is 0 Å². The molecule has 2 rings (SSSR count). The first-order chi connectivity index (χ1) is 10.1. The highest BCUT2D eigenvalue weighted by Crippen LogP contribution is 2.29. The predicted octanol–water partition coefficient (Wildman–Crippen LogP) is 1.71. The van der Waals surface area contributed by atoms with Crippen molar-refractivity contribution < 1.29 is 19.4 Å². The summed E-state index contributed by atoms with van der Waals surface area (Å²) in [6.45, 7) is 4.80. The molecular formula is C16H23NO4. The van der Waals surface area contributed by atoms with Crippen LogP contribution in [0.4, 0.5) is 0 Å². The highest BCUT2D eigenvalue weighted by Gasteiger charge is 2.11. The Kier molecular flexibility index (Phi) is 5.61. The third-order valence-corrected chi connectivity index (χ3v) is 3.11. The van der Waals surface area contributed by atoms with Crippen LogP contribution in [0.15, 0.2) is 28.7 Å². The predicted molar refractivity (Wildman–Crippen MR) is 81.6 cm³/mol. The molecule has 3 N–H and O–H groups in total. The highest BCUT2D eigenvalue weighted by molar-refractivity contribution is 5.83. The van der Waals surface area contributed by atoms with Gasteiger partial charge in [-0.1, -0.05) is 26.0 Å². The van der Waals surface area contributed by atoms with Crippen LogP contribution >= 0.6 is 0 Å². The summed E-state index contributed by atoms with van der Waals surface area (Å²) in [6, 6.07) is 7.86. The number of benzene rings is 1. The zero-order chi connectivity index (χ0) is 15.2. The first-order valence-electron chi connectivity index (χ1n) is 7.26. The maximum atomic E-state index is 9.87. The Labute approximate surface area is 124 Å². The van der Waals surface area contributed by atoms with Crippen molar-refractivity contribution in [2.24, 2.45) is 0 Å². The van der Waals surface area contributed by atoms with Gasteiger partial charge < -0.3 is 24.7 Å². The number of para-hydroxylation sites is 1. The Morgan fingerprint density at radius 3 is 2.86 bits per heavy atom. The molecule has 2 aromatic rings. The summed E-state index contributed by atoms with van der Waals surface area (Å²) in [5.41, 5.74) is 0.657. The largest absolute Gasteiger partial charge is 0.487 e. The second-order valence-corrected chi connectivity index (χ2v) is 5.39. The third kappa shape index (κ3) is 4.46. The minimum Gasteiger partial charge on any atom is -0.487 e. The number of furan rings is 1. The number of hydrogen-bond donors (Lipinski definition) is 3. The number of aliphatic hydroxyl groups excluding tert-OH is 2. The maximum absolute atomic E-state index is 9.87. The van der Waals surface area contributed by atoms with Gasteiger partial charge in [-0.05, 0) is 12.1 Å². The molecule has 1 atom stereocenters. The summed E-state index contributed by atoms with van der Waals surface area (Å²) in [5.74, 6) is 1.34. The van der Waals surface area contributed by atoms with E-state index in [0.717, 1.165) is 11.1 Å². The minimum atomic E-state index is -0.575. The average molecular weight is 293 g/mol. The Morgan fingerprint density at radius 1 is 1.33 bits per heavy atom. The monoisotopic (exact) mass is 293 g/mol. The lowest BCUT2D eigenvalue weighted by molar-refractivity contribution is 0.105. The molecule has 0 spiro atoms. The minimum absolute atomic E-state index is 0.0512. The van der Waals surface area contributed by atoms with Gasteiger partial charge in [-0.2, -0.15) is 0 Å². The number of hydrogen-bond acceptors (Lipinski definition) is 5. The van der Waals surface area contributed by atoms with Gasteiger partial charge in [0.25, 0.3) is 0 Å². The van der Waals surface area contributed by atoms with Crippen LogP contribution in [0.5, 0.6) is 5.75 Å². The molecule has 1 aromatic heterocycles. The molecule has 1 aromatic carbocycles. The van der Waals surface area contributed by atoms with Gasteiger partial charge in [-0.15, -0.1) is 0 Å². The Bertz CT molecular complexity index is 564. The molecule has 0 bridgehead atoms. The molecule has 5 heteroatoms. The lowest BCUT2D eigenvalue weighted by Gasteiger charge is -2.15. The summed E-state index contributed by atoms with van der Waals surface area (Å²) in [6.07, 6.45) is -0.0933. The van der Waals surface area contributed by atoms with Crippen molar-refractivity contribution in [3.8, 4) is 5.75 Å². The molecule has 0 aliphatic heterocycles. The van der Waals surface area contributed by atoms with Crippen molar-refractivity contribution in [1.29, 1.82) is 0 Å². The van der Waals surface area contributed by atoms with Gasteiger partial charge in [0.05, 0.1) is 6.61 Å². The van der Waals surface area contributed by atoms with Crippen LogP contribution in [0, 0.1) is 0 Å². The Hall–Kier alpha value is -1.56. The van der Waals surface area contributed by atoms with Crippen LogP contribution in [0.1, 0.15) is 19.6 Å². The molecule has 5 nitrogen and oxygen atoms in total. The SMILES string of the molecule is CC(C)NC[C@H](O)COc1cccc2cc(CCO)oc12. The lowest BCUT2D eigenvalue weighted by Crippen LogP contribution is -2.35. The summed E-state index contributed by atoms with van der Waals surface area (Å²) in [4.78, 5) is 0. The van der Waals surface area contributed by atoms with Gasteiger partial charge in [0, 0.05) is 24.4 Å². The fourth-order valence-electron chi connectivity index (χ4n) is 2.05.